The van der Waals surface area contributed by atoms with E-state index in [1.165, 1.54) is 11.1 Å². The van der Waals surface area contributed by atoms with Gasteiger partial charge in [-0.1, -0.05) is 40.2 Å². The van der Waals surface area contributed by atoms with E-state index in [4.69, 9.17) is 0 Å². The number of aryl methyl sites for hydroxylation is 1. The fourth-order valence-corrected chi connectivity index (χ4v) is 1.82. The van der Waals surface area contributed by atoms with Crippen molar-refractivity contribution in [3.8, 4) is 0 Å². The smallest absolute Gasteiger partial charge is 0.0512 e. The Morgan fingerprint density at radius 2 is 2.23 bits per heavy atom. The molecule has 1 atom stereocenters. The van der Waals surface area contributed by atoms with E-state index in [1.54, 1.807) is 0 Å². The molecule has 70 valence electrons. The maximum Gasteiger partial charge on any atom is 0.0512 e. The molecule has 1 nitrogen and oxygen atoms in total. The average Bonchev–Trinajstić information content (AvgIpc) is 2.14. The Labute approximate surface area is 88.0 Å². The van der Waals surface area contributed by atoms with Crippen molar-refractivity contribution in [1.82, 2.24) is 5.32 Å². The second-order valence-electron chi connectivity index (χ2n) is 2.98. The van der Waals surface area contributed by atoms with Crippen LogP contribution in [0, 0.1) is 6.92 Å². The molecule has 2 heteroatoms. The van der Waals surface area contributed by atoms with Crippen molar-refractivity contribution in [3.05, 3.63) is 46.5 Å². The van der Waals surface area contributed by atoms with Gasteiger partial charge >= 0.3 is 0 Å². The first kappa shape index (κ1) is 10.5. The van der Waals surface area contributed by atoms with Crippen molar-refractivity contribution in [2.45, 2.75) is 13.0 Å². The minimum atomic E-state index is 0.217. The summed E-state index contributed by atoms with van der Waals surface area (Å²) in [5.74, 6) is 0. The van der Waals surface area contributed by atoms with Crippen LogP contribution in [-0.2, 0) is 0 Å². The molecular weight excluding hydrogens is 226 g/mol. The molecule has 1 rings (SSSR count). The Bertz CT molecular complexity index is 307. The zero-order valence-corrected chi connectivity index (χ0v) is 9.56. The third kappa shape index (κ3) is 2.20. The van der Waals surface area contributed by atoms with Crippen LogP contribution in [0.15, 0.2) is 35.3 Å². The van der Waals surface area contributed by atoms with E-state index in [-0.39, 0.29) is 6.04 Å². The predicted molar refractivity (Wildman–Crippen MR) is 60.9 cm³/mol. The number of rotatable bonds is 3. The Morgan fingerprint density at radius 3 is 2.77 bits per heavy atom. The highest BCUT2D eigenvalue weighted by Crippen LogP contribution is 2.26. The summed E-state index contributed by atoms with van der Waals surface area (Å²) >= 11 is 3.57. The Kier molecular flexibility index (Phi) is 3.70. The monoisotopic (exact) mass is 239 g/mol. The van der Waals surface area contributed by atoms with Gasteiger partial charge in [0.25, 0.3) is 0 Å². The second-order valence-corrected chi connectivity index (χ2v) is 3.77. The van der Waals surface area contributed by atoms with E-state index < -0.39 is 0 Å². The fraction of sp³-hybridized carbons (Fsp3) is 0.273. The fourth-order valence-electron chi connectivity index (χ4n) is 1.31. The van der Waals surface area contributed by atoms with Gasteiger partial charge in [-0.15, -0.1) is 6.58 Å². The van der Waals surface area contributed by atoms with Gasteiger partial charge < -0.3 is 5.32 Å². The third-order valence-electron chi connectivity index (χ3n) is 2.10. The average molecular weight is 240 g/mol. The van der Waals surface area contributed by atoms with Gasteiger partial charge in [0.2, 0.25) is 0 Å². The molecule has 1 aromatic carbocycles. The first-order chi connectivity index (χ1) is 6.20. The van der Waals surface area contributed by atoms with Gasteiger partial charge in [-0.3, -0.25) is 0 Å². The van der Waals surface area contributed by atoms with Crippen LogP contribution in [0.1, 0.15) is 17.2 Å². The Morgan fingerprint density at radius 1 is 1.54 bits per heavy atom. The van der Waals surface area contributed by atoms with Crippen molar-refractivity contribution in [1.29, 1.82) is 0 Å². The molecule has 0 saturated carbocycles. The summed E-state index contributed by atoms with van der Waals surface area (Å²) in [6, 6.07) is 6.46. The highest BCUT2D eigenvalue weighted by atomic mass is 79.9. The molecule has 0 saturated heterocycles. The van der Waals surface area contributed by atoms with Crippen LogP contribution in [0.5, 0.6) is 0 Å². The number of hydrogen-bond acceptors (Lipinski definition) is 1. The van der Waals surface area contributed by atoms with Crippen molar-refractivity contribution in [2.24, 2.45) is 0 Å². The van der Waals surface area contributed by atoms with Gasteiger partial charge in [0.1, 0.15) is 0 Å². The molecule has 0 bridgehead atoms. The minimum Gasteiger partial charge on any atom is -0.310 e. The van der Waals surface area contributed by atoms with Crippen LogP contribution in [0.4, 0.5) is 0 Å². The molecule has 0 aliphatic heterocycles. The first-order valence-corrected chi connectivity index (χ1v) is 5.04. The summed E-state index contributed by atoms with van der Waals surface area (Å²) < 4.78 is 1.16. The summed E-state index contributed by atoms with van der Waals surface area (Å²) in [7, 11) is 1.93. The van der Waals surface area contributed by atoms with Crippen LogP contribution in [0.2, 0.25) is 0 Å². The third-order valence-corrected chi connectivity index (χ3v) is 3.19. The standard InChI is InChI=1S/C11H14BrN/c1-4-10(13-3)9-7-5-6-8(2)11(9)12/h4-7,10,13H,1H2,2-3H3. The summed E-state index contributed by atoms with van der Waals surface area (Å²) in [6.45, 7) is 5.88. The Balaban J connectivity index is 3.13. The zero-order valence-electron chi connectivity index (χ0n) is 7.97. The van der Waals surface area contributed by atoms with E-state index in [0.717, 1.165) is 4.47 Å². The van der Waals surface area contributed by atoms with E-state index in [9.17, 15) is 0 Å². The minimum absolute atomic E-state index is 0.217. The number of benzene rings is 1. The molecule has 0 spiro atoms. The molecule has 0 heterocycles. The number of likely N-dealkylation sites (N-methyl/N-ethyl adjacent to an activating group) is 1. The van der Waals surface area contributed by atoms with Crippen LogP contribution in [-0.4, -0.2) is 7.05 Å². The van der Waals surface area contributed by atoms with Crippen LogP contribution >= 0.6 is 15.9 Å². The van der Waals surface area contributed by atoms with Gasteiger partial charge in [-0.05, 0) is 25.1 Å². The molecule has 1 N–H and O–H groups in total. The molecule has 0 fully saturated rings. The molecule has 0 aliphatic carbocycles. The van der Waals surface area contributed by atoms with E-state index in [0.29, 0.717) is 0 Å². The van der Waals surface area contributed by atoms with Crippen molar-refractivity contribution in [3.63, 3.8) is 0 Å². The lowest BCUT2D eigenvalue weighted by atomic mass is 10.0. The van der Waals surface area contributed by atoms with E-state index >= 15 is 0 Å². The highest BCUT2D eigenvalue weighted by Gasteiger charge is 2.09. The lowest BCUT2D eigenvalue weighted by Crippen LogP contribution is -2.14. The summed E-state index contributed by atoms with van der Waals surface area (Å²) in [5, 5.41) is 3.19. The summed E-state index contributed by atoms with van der Waals surface area (Å²) in [4.78, 5) is 0. The van der Waals surface area contributed by atoms with Gasteiger partial charge in [-0.25, -0.2) is 0 Å². The van der Waals surface area contributed by atoms with Crippen molar-refractivity contribution in [2.75, 3.05) is 7.05 Å². The molecule has 0 amide bonds. The van der Waals surface area contributed by atoms with Crippen molar-refractivity contribution < 1.29 is 0 Å². The van der Waals surface area contributed by atoms with Crippen LogP contribution < -0.4 is 5.32 Å². The van der Waals surface area contributed by atoms with Crippen LogP contribution in [0.25, 0.3) is 0 Å². The van der Waals surface area contributed by atoms with E-state index in [1.807, 2.05) is 13.1 Å². The predicted octanol–water partition coefficient (Wildman–Crippen LogP) is 3.20. The van der Waals surface area contributed by atoms with Gasteiger partial charge in [0.15, 0.2) is 0 Å². The molecule has 0 aliphatic rings. The largest absolute Gasteiger partial charge is 0.310 e. The van der Waals surface area contributed by atoms with Gasteiger partial charge in [0.05, 0.1) is 6.04 Å². The van der Waals surface area contributed by atoms with Crippen molar-refractivity contribution >= 4 is 15.9 Å². The maximum atomic E-state index is 3.80. The molecule has 1 aromatic rings. The summed E-state index contributed by atoms with van der Waals surface area (Å²) in [5.41, 5.74) is 2.48. The van der Waals surface area contributed by atoms with Gasteiger partial charge in [-0.2, -0.15) is 0 Å². The van der Waals surface area contributed by atoms with Crippen LogP contribution in [0.3, 0.4) is 0 Å². The zero-order chi connectivity index (χ0) is 9.84. The summed E-state index contributed by atoms with van der Waals surface area (Å²) in [6.07, 6.45) is 1.90. The second kappa shape index (κ2) is 4.58. The number of hydrogen-bond donors (Lipinski definition) is 1. The first-order valence-electron chi connectivity index (χ1n) is 4.25. The quantitative estimate of drug-likeness (QED) is 0.800. The lowest BCUT2D eigenvalue weighted by molar-refractivity contribution is 0.712. The molecule has 0 aromatic heterocycles. The SMILES string of the molecule is C=CC(NC)c1cccc(C)c1Br. The normalized spacial score (nSPS) is 12.5. The maximum absolute atomic E-state index is 3.80. The number of nitrogens with one attached hydrogen (secondary N) is 1. The van der Waals surface area contributed by atoms with E-state index in [2.05, 4.69) is 52.9 Å². The molecular formula is C11H14BrN. The lowest BCUT2D eigenvalue weighted by Gasteiger charge is -2.14. The molecule has 13 heavy (non-hydrogen) atoms. The Hall–Kier alpha value is -0.600. The highest BCUT2D eigenvalue weighted by molar-refractivity contribution is 9.10. The topological polar surface area (TPSA) is 12.0 Å². The van der Waals surface area contributed by atoms with Gasteiger partial charge in [0, 0.05) is 4.47 Å². The molecule has 1 unspecified atom stereocenters. The number of halogens is 1. The molecule has 0 radical (unpaired) electrons.